The first-order valence-electron chi connectivity index (χ1n) is 19.4. The molecule has 0 heterocycles. The lowest BCUT2D eigenvalue weighted by molar-refractivity contribution is -0.0581. The van der Waals surface area contributed by atoms with Crippen molar-refractivity contribution >= 4 is 6.09 Å². The van der Waals surface area contributed by atoms with Crippen LogP contribution < -0.4 is 32.3 Å². The van der Waals surface area contributed by atoms with Crippen LogP contribution in [0.5, 0.6) is 0 Å². The fraction of sp³-hybridized carbons (Fsp3) is 0.921. The Balaban J connectivity index is 1.12. The third-order valence-electron chi connectivity index (χ3n) is 12.9. The number of alkyl carbamates (subject to hydrolysis) is 1. The first-order chi connectivity index (χ1) is 22.2. The third kappa shape index (κ3) is 9.93. The van der Waals surface area contributed by atoms with Crippen molar-refractivity contribution in [1.29, 1.82) is 0 Å². The molecule has 0 saturated heterocycles. The summed E-state index contributed by atoms with van der Waals surface area (Å²) in [5.41, 5.74) is 7.88. The third-order valence-corrected chi connectivity index (χ3v) is 12.9. The number of fused-ring (bicyclic) bond motifs is 5. The molecule has 0 unspecified atom stereocenters. The van der Waals surface area contributed by atoms with Crippen LogP contribution in [0.1, 0.15) is 105 Å². The number of carbonyl (C=O) groups is 1. The van der Waals surface area contributed by atoms with Crippen LogP contribution in [0, 0.1) is 46.3 Å². The van der Waals surface area contributed by atoms with Crippen LogP contribution in [0.2, 0.25) is 0 Å². The molecule has 1 amide bonds. The van der Waals surface area contributed by atoms with Gasteiger partial charge in [0.05, 0.1) is 0 Å². The van der Waals surface area contributed by atoms with Gasteiger partial charge in [-0.1, -0.05) is 65.5 Å². The lowest BCUT2D eigenvalue weighted by Gasteiger charge is -2.58. The molecule has 0 aromatic heterocycles. The number of hydrogen-bond acceptors (Lipinski definition) is 7. The highest BCUT2D eigenvalue weighted by atomic mass is 16.6. The highest BCUT2D eigenvalue weighted by Gasteiger charge is 2.59. The zero-order chi connectivity index (χ0) is 33.0. The molecule has 0 aromatic carbocycles. The van der Waals surface area contributed by atoms with Gasteiger partial charge in [-0.05, 0) is 91.3 Å². The van der Waals surface area contributed by atoms with Crippen LogP contribution in [0.3, 0.4) is 0 Å². The zero-order valence-electron chi connectivity index (χ0n) is 30.4. The second-order valence-corrected chi connectivity index (χ2v) is 16.3. The molecule has 4 aliphatic rings. The van der Waals surface area contributed by atoms with E-state index in [4.69, 9.17) is 10.5 Å². The average Bonchev–Trinajstić information content (AvgIpc) is 3.38. The standard InChI is InChI=1S/C38H72N6O2/c1-28(2)7-6-8-29(3)33-11-12-34-32-10-9-30-27-31(13-15-37(30,4)35(32)14-16-38(33,34)5)46-36(45)44-26-25-43-24-23-42-22-21-41-20-19-40-18-17-39/h9,28-29,31-35,40-43H,6-8,10-27,39H2,1-5H3,(H,44,45)/t29-,31+,32+,33-,34+,35+,37+,38-/m1/s1. The van der Waals surface area contributed by atoms with Gasteiger partial charge in [0.1, 0.15) is 6.10 Å². The lowest BCUT2D eigenvalue weighted by Crippen LogP contribution is -2.51. The van der Waals surface area contributed by atoms with Crippen molar-refractivity contribution in [2.75, 3.05) is 65.4 Å². The number of rotatable bonds is 20. The van der Waals surface area contributed by atoms with Crippen molar-refractivity contribution in [3.63, 3.8) is 0 Å². The second-order valence-electron chi connectivity index (χ2n) is 16.3. The number of amides is 1. The Hall–Kier alpha value is -1.19. The Labute approximate surface area is 282 Å². The second kappa shape index (κ2) is 18.5. The highest BCUT2D eigenvalue weighted by Crippen LogP contribution is 2.67. The molecule has 8 atom stereocenters. The molecular weight excluding hydrogens is 572 g/mol. The largest absolute Gasteiger partial charge is 0.446 e. The SMILES string of the molecule is CC(C)CCC[C@@H](C)[C@H]1CC[C@H]2[C@@H]3CC=C4C[C@@H](OC(=O)NCCNCCNCCNCCNCCN)CC[C@]4(C)[C@H]3CC[C@]12C. The quantitative estimate of drug-likeness (QED) is 0.0774. The number of ether oxygens (including phenoxy) is 1. The number of carbonyl (C=O) groups excluding carboxylic acids is 1. The monoisotopic (exact) mass is 645 g/mol. The van der Waals surface area contributed by atoms with E-state index >= 15 is 0 Å². The molecule has 8 nitrogen and oxygen atoms in total. The smallest absolute Gasteiger partial charge is 0.407 e. The summed E-state index contributed by atoms with van der Waals surface area (Å²) in [7, 11) is 0. The highest BCUT2D eigenvalue weighted by molar-refractivity contribution is 5.67. The Morgan fingerprint density at radius 3 is 2.15 bits per heavy atom. The Morgan fingerprint density at radius 1 is 0.848 bits per heavy atom. The van der Waals surface area contributed by atoms with E-state index in [1.165, 1.54) is 51.4 Å². The van der Waals surface area contributed by atoms with E-state index in [2.05, 4.69) is 67.3 Å². The molecule has 0 spiro atoms. The predicted octanol–water partition coefficient (Wildman–Crippen LogP) is 5.44. The van der Waals surface area contributed by atoms with E-state index in [9.17, 15) is 4.79 Å². The zero-order valence-corrected chi connectivity index (χ0v) is 30.4. The molecule has 4 rings (SSSR count). The number of nitrogens with two attached hydrogens (primary N) is 1. The molecule has 7 N–H and O–H groups in total. The van der Waals surface area contributed by atoms with Gasteiger partial charge in [-0.3, -0.25) is 0 Å². The summed E-state index contributed by atoms with van der Waals surface area (Å²) in [5.74, 6) is 5.13. The van der Waals surface area contributed by atoms with Gasteiger partial charge >= 0.3 is 6.09 Å². The summed E-state index contributed by atoms with van der Waals surface area (Å²) in [6.45, 7) is 21.0. The van der Waals surface area contributed by atoms with Crippen molar-refractivity contribution in [1.82, 2.24) is 26.6 Å². The van der Waals surface area contributed by atoms with E-state index in [0.29, 0.717) is 18.5 Å². The van der Waals surface area contributed by atoms with E-state index in [1.54, 1.807) is 5.57 Å². The van der Waals surface area contributed by atoms with E-state index in [1.807, 2.05) is 0 Å². The van der Waals surface area contributed by atoms with Gasteiger partial charge in [-0.25, -0.2) is 4.79 Å². The summed E-state index contributed by atoms with van der Waals surface area (Å²) in [6.07, 6.45) is 16.6. The van der Waals surface area contributed by atoms with Crippen LogP contribution in [0.15, 0.2) is 11.6 Å². The minimum Gasteiger partial charge on any atom is -0.446 e. The summed E-state index contributed by atoms with van der Waals surface area (Å²) in [5, 5.41) is 16.5. The average molecular weight is 645 g/mol. The summed E-state index contributed by atoms with van der Waals surface area (Å²) in [6, 6.07) is 0. The van der Waals surface area contributed by atoms with Gasteiger partial charge in [0.25, 0.3) is 0 Å². The molecule has 0 aromatic rings. The predicted molar refractivity (Wildman–Crippen MR) is 192 cm³/mol. The van der Waals surface area contributed by atoms with Gasteiger partial charge in [-0.15, -0.1) is 0 Å². The maximum atomic E-state index is 12.6. The minimum atomic E-state index is -0.261. The fourth-order valence-corrected chi connectivity index (χ4v) is 10.3. The molecule has 4 aliphatic carbocycles. The molecular formula is C38H72N6O2. The number of nitrogens with one attached hydrogen (secondary N) is 5. The van der Waals surface area contributed by atoms with E-state index in [-0.39, 0.29) is 17.6 Å². The van der Waals surface area contributed by atoms with Crippen LogP contribution in [0.25, 0.3) is 0 Å². The van der Waals surface area contributed by atoms with Gasteiger partial charge < -0.3 is 37.1 Å². The first-order valence-corrected chi connectivity index (χ1v) is 19.4. The normalized spacial score (nSPS) is 32.8. The number of allylic oxidation sites excluding steroid dienone is 1. The molecule has 0 aliphatic heterocycles. The topological polar surface area (TPSA) is 112 Å². The molecule has 3 saturated carbocycles. The van der Waals surface area contributed by atoms with Crippen molar-refractivity contribution in [3.8, 4) is 0 Å². The van der Waals surface area contributed by atoms with Crippen molar-refractivity contribution < 1.29 is 9.53 Å². The molecule has 3 fully saturated rings. The minimum absolute atomic E-state index is 0.00879. The van der Waals surface area contributed by atoms with Gasteiger partial charge in [0, 0.05) is 71.9 Å². The maximum absolute atomic E-state index is 12.6. The van der Waals surface area contributed by atoms with Gasteiger partial charge in [-0.2, -0.15) is 0 Å². The Bertz CT molecular complexity index is 944. The fourth-order valence-electron chi connectivity index (χ4n) is 10.3. The molecule has 266 valence electrons. The molecule has 46 heavy (non-hydrogen) atoms. The van der Waals surface area contributed by atoms with E-state index in [0.717, 1.165) is 107 Å². The summed E-state index contributed by atoms with van der Waals surface area (Å²) >= 11 is 0. The Morgan fingerprint density at radius 2 is 1.50 bits per heavy atom. The number of hydrogen-bond donors (Lipinski definition) is 6. The summed E-state index contributed by atoms with van der Waals surface area (Å²) in [4.78, 5) is 12.6. The van der Waals surface area contributed by atoms with Gasteiger partial charge in [0.2, 0.25) is 0 Å². The van der Waals surface area contributed by atoms with Crippen molar-refractivity contribution in [2.24, 2.45) is 52.1 Å². The molecule has 0 bridgehead atoms. The van der Waals surface area contributed by atoms with Gasteiger partial charge in [0.15, 0.2) is 0 Å². The molecule has 8 heteroatoms. The first kappa shape index (κ1) is 37.6. The van der Waals surface area contributed by atoms with Crippen LogP contribution >= 0.6 is 0 Å². The molecule has 0 radical (unpaired) electrons. The van der Waals surface area contributed by atoms with Crippen molar-refractivity contribution in [3.05, 3.63) is 11.6 Å². The lowest BCUT2D eigenvalue weighted by atomic mass is 9.47. The maximum Gasteiger partial charge on any atom is 0.407 e. The van der Waals surface area contributed by atoms with Crippen LogP contribution in [0.4, 0.5) is 4.79 Å². The van der Waals surface area contributed by atoms with E-state index < -0.39 is 0 Å². The van der Waals surface area contributed by atoms with Crippen LogP contribution in [-0.2, 0) is 4.74 Å². The van der Waals surface area contributed by atoms with Crippen LogP contribution in [-0.4, -0.2) is 77.6 Å². The van der Waals surface area contributed by atoms with Crippen molar-refractivity contribution in [2.45, 2.75) is 111 Å². The Kier molecular flexibility index (Phi) is 15.2. The summed E-state index contributed by atoms with van der Waals surface area (Å²) < 4.78 is 5.96.